The average Bonchev–Trinajstić information content (AvgIpc) is 2.92. The minimum atomic E-state index is -0.722. The summed E-state index contributed by atoms with van der Waals surface area (Å²) in [6.45, 7) is -0.471. The van der Waals surface area contributed by atoms with Crippen molar-refractivity contribution >= 4 is 35.3 Å². The van der Waals surface area contributed by atoms with Gasteiger partial charge in [0, 0.05) is 12.8 Å². The van der Waals surface area contributed by atoms with E-state index in [1.807, 2.05) is 0 Å². The summed E-state index contributed by atoms with van der Waals surface area (Å²) < 4.78 is 9.22. The van der Waals surface area contributed by atoms with Gasteiger partial charge in [-0.2, -0.15) is 0 Å². The van der Waals surface area contributed by atoms with Gasteiger partial charge in [-0.05, 0) is 18.2 Å². The fourth-order valence-corrected chi connectivity index (χ4v) is 2.31. The summed E-state index contributed by atoms with van der Waals surface area (Å²) in [6, 6.07) is 3.91. The number of ether oxygens (including phenoxy) is 2. The summed E-state index contributed by atoms with van der Waals surface area (Å²) in [5.41, 5.74) is 0.139. The number of methoxy groups -OCH3 is 2. The SMILES string of the molecule is COC(=O)c1ccc(C(=O)OC)c(NC(=O)CN2C(=O)CCC2=O)c1. The summed E-state index contributed by atoms with van der Waals surface area (Å²) >= 11 is 0. The molecule has 1 heterocycles. The number of carbonyl (C=O) groups excluding carboxylic acids is 5. The number of likely N-dealkylation sites (tertiary alicyclic amines) is 1. The highest BCUT2D eigenvalue weighted by atomic mass is 16.5. The molecule has 132 valence electrons. The van der Waals surface area contributed by atoms with Crippen molar-refractivity contribution in [1.82, 2.24) is 4.90 Å². The minimum absolute atomic E-state index is 0.0128. The van der Waals surface area contributed by atoms with Crippen LogP contribution in [-0.2, 0) is 23.9 Å². The van der Waals surface area contributed by atoms with Crippen molar-refractivity contribution < 1.29 is 33.4 Å². The van der Waals surface area contributed by atoms with Crippen LogP contribution in [0.1, 0.15) is 33.6 Å². The molecule has 1 saturated heterocycles. The van der Waals surface area contributed by atoms with Crippen LogP contribution in [0, 0.1) is 0 Å². The number of nitrogens with zero attached hydrogens (tertiary/aromatic N) is 1. The minimum Gasteiger partial charge on any atom is -0.465 e. The molecule has 0 bridgehead atoms. The number of esters is 2. The number of imide groups is 1. The first-order valence-electron chi connectivity index (χ1n) is 7.31. The van der Waals surface area contributed by atoms with Crippen molar-refractivity contribution in [2.24, 2.45) is 0 Å². The second-order valence-electron chi connectivity index (χ2n) is 5.17. The first-order chi connectivity index (χ1) is 11.9. The number of anilines is 1. The topological polar surface area (TPSA) is 119 Å². The molecule has 0 aliphatic carbocycles. The van der Waals surface area contributed by atoms with Gasteiger partial charge in [0.25, 0.3) is 0 Å². The Labute approximate surface area is 142 Å². The number of hydrogen-bond donors (Lipinski definition) is 1. The Bertz CT molecular complexity index is 741. The normalized spacial score (nSPS) is 13.6. The zero-order valence-corrected chi connectivity index (χ0v) is 13.7. The molecule has 0 atom stereocenters. The van der Waals surface area contributed by atoms with Crippen molar-refractivity contribution in [3.8, 4) is 0 Å². The van der Waals surface area contributed by atoms with Crippen LogP contribution in [0.15, 0.2) is 18.2 Å². The quantitative estimate of drug-likeness (QED) is 0.602. The molecular formula is C16H16N2O7. The third-order valence-corrected chi connectivity index (χ3v) is 3.58. The summed E-state index contributed by atoms with van der Waals surface area (Å²) in [7, 11) is 2.36. The Hall–Kier alpha value is -3.23. The predicted octanol–water partition coefficient (Wildman–Crippen LogP) is 0.347. The van der Waals surface area contributed by atoms with E-state index in [4.69, 9.17) is 0 Å². The molecule has 0 unspecified atom stereocenters. The van der Waals surface area contributed by atoms with Crippen LogP contribution >= 0.6 is 0 Å². The zero-order chi connectivity index (χ0) is 18.6. The highest BCUT2D eigenvalue weighted by Gasteiger charge is 2.30. The molecule has 1 aromatic carbocycles. The van der Waals surface area contributed by atoms with Crippen LogP contribution in [0.2, 0.25) is 0 Å². The highest BCUT2D eigenvalue weighted by molar-refractivity contribution is 6.08. The van der Waals surface area contributed by atoms with Gasteiger partial charge in [0.1, 0.15) is 6.54 Å². The lowest BCUT2D eigenvalue weighted by molar-refractivity contribution is -0.141. The first-order valence-corrected chi connectivity index (χ1v) is 7.31. The standard InChI is InChI=1S/C16H16N2O7/c1-24-15(22)9-3-4-10(16(23)25-2)11(7-9)17-12(19)8-18-13(20)5-6-14(18)21/h3-4,7H,5-6,8H2,1-2H3,(H,17,19). The maximum absolute atomic E-state index is 12.1. The summed E-state index contributed by atoms with van der Waals surface area (Å²) in [5.74, 6) is -2.93. The van der Waals surface area contributed by atoms with Crippen LogP contribution in [0.25, 0.3) is 0 Å². The number of rotatable bonds is 5. The second kappa shape index (κ2) is 7.56. The van der Waals surface area contributed by atoms with Gasteiger partial charge in [0.15, 0.2) is 0 Å². The number of hydrogen-bond acceptors (Lipinski definition) is 7. The van der Waals surface area contributed by atoms with Crippen LogP contribution in [-0.4, -0.2) is 55.3 Å². The molecule has 9 heteroatoms. The smallest absolute Gasteiger partial charge is 0.339 e. The third-order valence-electron chi connectivity index (χ3n) is 3.58. The van der Waals surface area contributed by atoms with Gasteiger partial charge in [-0.3, -0.25) is 19.3 Å². The number of carbonyl (C=O) groups is 5. The van der Waals surface area contributed by atoms with E-state index in [0.29, 0.717) is 0 Å². The average molecular weight is 348 g/mol. The maximum atomic E-state index is 12.1. The van der Waals surface area contributed by atoms with Crippen LogP contribution < -0.4 is 5.32 Å². The number of nitrogens with one attached hydrogen (secondary N) is 1. The molecule has 1 fully saturated rings. The summed E-state index contributed by atoms with van der Waals surface area (Å²) in [6.07, 6.45) is 0.134. The molecule has 9 nitrogen and oxygen atoms in total. The zero-order valence-electron chi connectivity index (χ0n) is 13.7. The molecule has 0 radical (unpaired) electrons. The largest absolute Gasteiger partial charge is 0.465 e. The van der Waals surface area contributed by atoms with E-state index in [1.54, 1.807) is 0 Å². The highest BCUT2D eigenvalue weighted by Crippen LogP contribution is 2.20. The molecule has 3 amide bonds. The molecule has 1 aliphatic rings. The first kappa shape index (κ1) is 18.1. The van der Waals surface area contributed by atoms with Crippen molar-refractivity contribution in [3.63, 3.8) is 0 Å². The van der Waals surface area contributed by atoms with Crippen molar-refractivity contribution in [3.05, 3.63) is 29.3 Å². The Balaban J connectivity index is 2.24. The van der Waals surface area contributed by atoms with E-state index in [1.165, 1.54) is 32.4 Å². The van der Waals surface area contributed by atoms with Crippen molar-refractivity contribution in [1.29, 1.82) is 0 Å². The van der Waals surface area contributed by atoms with Gasteiger partial charge >= 0.3 is 11.9 Å². The van der Waals surface area contributed by atoms with E-state index < -0.39 is 36.2 Å². The van der Waals surface area contributed by atoms with E-state index in [2.05, 4.69) is 14.8 Å². The van der Waals surface area contributed by atoms with E-state index >= 15 is 0 Å². The molecule has 0 aromatic heterocycles. The van der Waals surface area contributed by atoms with Crippen LogP contribution in [0.5, 0.6) is 0 Å². The number of amides is 3. The fourth-order valence-electron chi connectivity index (χ4n) is 2.31. The van der Waals surface area contributed by atoms with Gasteiger partial charge < -0.3 is 14.8 Å². The molecule has 25 heavy (non-hydrogen) atoms. The van der Waals surface area contributed by atoms with Crippen LogP contribution in [0.3, 0.4) is 0 Å². The second-order valence-corrected chi connectivity index (χ2v) is 5.17. The van der Waals surface area contributed by atoms with Crippen molar-refractivity contribution in [2.45, 2.75) is 12.8 Å². The van der Waals surface area contributed by atoms with Crippen molar-refractivity contribution in [2.75, 3.05) is 26.1 Å². The number of benzene rings is 1. The molecule has 1 aliphatic heterocycles. The van der Waals surface area contributed by atoms with E-state index in [9.17, 15) is 24.0 Å². The Morgan fingerprint density at radius 2 is 1.64 bits per heavy atom. The van der Waals surface area contributed by atoms with Crippen LogP contribution in [0.4, 0.5) is 5.69 Å². The van der Waals surface area contributed by atoms with E-state index in [0.717, 1.165) is 4.90 Å². The molecule has 2 rings (SSSR count). The van der Waals surface area contributed by atoms with Gasteiger partial charge in [0.05, 0.1) is 31.0 Å². The van der Waals surface area contributed by atoms with Gasteiger partial charge in [0.2, 0.25) is 17.7 Å². The Morgan fingerprint density at radius 1 is 1.04 bits per heavy atom. The predicted molar refractivity (Wildman–Crippen MR) is 83.7 cm³/mol. The fraction of sp³-hybridized carbons (Fsp3) is 0.312. The molecule has 0 spiro atoms. The Morgan fingerprint density at radius 3 is 2.20 bits per heavy atom. The third kappa shape index (κ3) is 4.00. The molecule has 1 aromatic rings. The van der Waals surface area contributed by atoms with E-state index in [-0.39, 0.29) is 29.7 Å². The van der Waals surface area contributed by atoms with Gasteiger partial charge in [-0.1, -0.05) is 0 Å². The monoisotopic (exact) mass is 348 g/mol. The molecule has 1 N–H and O–H groups in total. The Kier molecular flexibility index (Phi) is 5.48. The summed E-state index contributed by atoms with van der Waals surface area (Å²) in [5, 5.41) is 2.42. The lowest BCUT2D eigenvalue weighted by Gasteiger charge is -2.15. The maximum Gasteiger partial charge on any atom is 0.339 e. The van der Waals surface area contributed by atoms with Gasteiger partial charge in [-0.15, -0.1) is 0 Å². The molecular weight excluding hydrogens is 332 g/mol. The molecule has 0 saturated carbocycles. The lowest BCUT2D eigenvalue weighted by atomic mass is 10.1. The summed E-state index contributed by atoms with van der Waals surface area (Å²) in [4.78, 5) is 59.5. The lowest BCUT2D eigenvalue weighted by Crippen LogP contribution is -2.37. The van der Waals surface area contributed by atoms with Gasteiger partial charge in [-0.25, -0.2) is 9.59 Å².